The Balaban J connectivity index is 2.23. The van der Waals surface area contributed by atoms with Gasteiger partial charge in [0.25, 0.3) is 0 Å². The molecule has 0 bridgehead atoms. The summed E-state index contributed by atoms with van der Waals surface area (Å²) in [6.45, 7) is 9.97. The molecule has 1 aliphatic rings. The third kappa shape index (κ3) is 1.85. The van der Waals surface area contributed by atoms with Gasteiger partial charge >= 0.3 is 7.12 Å². The van der Waals surface area contributed by atoms with Crippen LogP contribution < -0.4 is 5.46 Å². The predicted octanol–water partition coefficient (Wildman–Crippen LogP) is 1.08. The Morgan fingerprint density at radius 1 is 1.00 bits per heavy atom. The molecule has 1 fully saturated rings. The van der Waals surface area contributed by atoms with Gasteiger partial charge in [0.05, 0.1) is 11.2 Å². The summed E-state index contributed by atoms with van der Waals surface area (Å²) in [6, 6.07) is 0. The lowest BCUT2D eigenvalue weighted by molar-refractivity contribution is 0.00578. The van der Waals surface area contributed by atoms with Crippen LogP contribution in [0.2, 0.25) is 0 Å². The summed E-state index contributed by atoms with van der Waals surface area (Å²) in [6.07, 6.45) is 3.51. The average molecular weight is 221 g/mol. The SMILES string of the molecule is CC1(C)OB(c2cnc([13CH3])nc2)OC1(C)C. The maximum Gasteiger partial charge on any atom is 0.498 e. The van der Waals surface area contributed by atoms with Gasteiger partial charge in [-0.1, -0.05) is 0 Å². The number of rotatable bonds is 1. The van der Waals surface area contributed by atoms with Gasteiger partial charge in [0.15, 0.2) is 0 Å². The molecule has 0 saturated carbocycles. The van der Waals surface area contributed by atoms with Gasteiger partial charge in [-0.2, -0.15) is 0 Å². The quantitative estimate of drug-likeness (QED) is 0.525. The van der Waals surface area contributed by atoms with E-state index in [9.17, 15) is 0 Å². The van der Waals surface area contributed by atoms with Crippen molar-refractivity contribution in [3.63, 3.8) is 0 Å². The van der Waals surface area contributed by atoms with Gasteiger partial charge < -0.3 is 9.31 Å². The van der Waals surface area contributed by atoms with E-state index >= 15 is 0 Å². The van der Waals surface area contributed by atoms with Gasteiger partial charge in [-0.3, -0.25) is 0 Å². The molecule has 1 saturated heterocycles. The monoisotopic (exact) mass is 221 g/mol. The van der Waals surface area contributed by atoms with Crippen LogP contribution in [-0.2, 0) is 9.31 Å². The van der Waals surface area contributed by atoms with Crippen LogP contribution in [0.1, 0.15) is 33.5 Å². The fraction of sp³-hybridized carbons (Fsp3) is 0.636. The lowest BCUT2D eigenvalue weighted by Gasteiger charge is -2.32. The van der Waals surface area contributed by atoms with Gasteiger partial charge in [-0.05, 0) is 34.6 Å². The zero-order chi connectivity index (χ0) is 12.0. The molecule has 2 rings (SSSR count). The highest BCUT2D eigenvalue weighted by atomic mass is 16.7. The zero-order valence-electron chi connectivity index (χ0n) is 10.4. The first-order valence-corrected chi connectivity index (χ1v) is 5.46. The molecule has 2 heterocycles. The second-order valence-electron chi connectivity index (χ2n) is 5.15. The number of hydrogen-bond donors (Lipinski definition) is 0. The summed E-state index contributed by atoms with van der Waals surface area (Å²) < 4.78 is 11.8. The molecule has 1 aromatic heterocycles. The van der Waals surface area contributed by atoms with Crippen molar-refractivity contribution in [3.8, 4) is 0 Å². The molecule has 0 atom stereocenters. The average Bonchev–Trinajstić information content (AvgIpc) is 2.37. The number of aromatic nitrogens is 2. The summed E-state index contributed by atoms with van der Waals surface area (Å²) in [4.78, 5) is 8.30. The standard InChI is InChI=1S/C11H17BN2O2/c1-8-13-6-9(7-14-8)12-15-10(2,3)11(4,5)16-12/h6-7H,1-5H3/i1+1. The Bertz CT molecular complexity index is 373. The number of hydrogen-bond acceptors (Lipinski definition) is 4. The molecule has 0 spiro atoms. The maximum absolute atomic E-state index is 5.89. The summed E-state index contributed by atoms with van der Waals surface area (Å²) in [7, 11) is -0.370. The lowest BCUT2D eigenvalue weighted by Crippen LogP contribution is -2.41. The molecule has 5 heteroatoms. The molecule has 0 N–H and O–H groups in total. The van der Waals surface area contributed by atoms with Gasteiger partial charge in [0.1, 0.15) is 5.82 Å². The molecular formula is C11H17BN2O2. The summed E-state index contributed by atoms with van der Waals surface area (Å²) >= 11 is 0. The molecule has 1 aliphatic heterocycles. The first kappa shape index (κ1) is 11.5. The molecule has 1 aromatic rings. The Morgan fingerprint density at radius 3 is 1.88 bits per heavy atom. The first-order chi connectivity index (χ1) is 7.32. The lowest BCUT2D eigenvalue weighted by atomic mass is 9.81. The molecule has 0 unspecified atom stereocenters. The van der Waals surface area contributed by atoms with Crippen LogP contribution in [0.25, 0.3) is 0 Å². The van der Waals surface area contributed by atoms with Gasteiger partial charge in [0, 0.05) is 17.9 Å². The third-order valence-electron chi connectivity index (χ3n) is 3.33. The molecule has 4 nitrogen and oxygen atoms in total. The van der Waals surface area contributed by atoms with Crippen molar-refractivity contribution < 1.29 is 9.31 Å². The highest BCUT2D eigenvalue weighted by Gasteiger charge is 2.51. The largest absolute Gasteiger partial charge is 0.498 e. The minimum atomic E-state index is -0.370. The molecule has 0 radical (unpaired) electrons. The Labute approximate surface area is 96.5 Å². The van der Waals surface area contributed by atoms with Crippen molar-refractivity contribution in [1.82, 2.24) is 9.97 Å². The molecule has 0 aromatic carbocycles. The van der Waals surface area contributed by atoms with E-state index in [1.165, 1.54) is 0 Å². The smallest absolute Gasteiger partial charge is 0.399 e. The zero-order valence-corrected chi connectivity index (χ0v) is 10.4. The molecule has 0 aliphatic carbocycles. The van der Waals surface area contributed by atoms with E-state index in [-0.39, 0.29) is 18.3 Å². The Hall–Kier alpha value is -0.935. The fourth-order valence-electron chi connectivity index (χ4n) is 1.50. The van der Waals surface area contributed by atoms with Crippen LogP contribution >= 0.6 is 0 Å². The van der Waals surface area contributed by atoms with Crippen molar-refractivity contribution in [3.05, 3.63) is 18.2 Å². The van der Waals surface area contributed by atoms with E-state index in [4.69, 9.17) is 9.31 Å². The molecule has 86 valence electrons. The number of aryl methyl sites for hydroxylation is 1. The molecule has 0 amide bonds. The van der Waals surface area contributed by atoms with Crippen LogP contribution in [-0.4, -0.2) is 28.3 Å². The minimum Gasteiger partial charge on any atom is -0.399 e. The van der Waals surface area contributed by atoms with Crippen molar-refractivity contribution in [2.75, 3.05) is 0 Å². The van der Waals surface area contributed by atoms with Crippen LogP contribution in [0.4, 0.5) is 0 Å². The van der Waals surface area contributed by atoms with Crippen LogP contribution in [0.15, 0.2) is 12.4 Å². The van der Waals surface area contributed by atoms with Crippen molar-refractivity contribution in [2.24, 2.45) is 0 Å². The van der Waals surface area contributed by atoms with Crippen LogP contribution in [0.3, 0.4) is 0 Å². The maximum atomic E-state index is 5.89. The van der Waals surface area contributed by atoms with E-state index < -0.39 is 0 Å². The third-order valence-corrected chi connectivity index (χ3v) is 3.33. The van der Waals surface area contributed by atoms with E-state index in [1.807, 2.05) is 34.6 Å². The van der Waals surface area contributed by atoms with E-state index in [0.717, 1.165) is 11.3 Å². The van der Waals surface area contributed by atoms with E-state index in [0.29, 0.717) is 0 Å². The van der Waals surface area contributed by atoms with Crippen molar-refractivity contribution >= 4 is 12.6 Å². The van der Waals surface area contributed by atoms with Crippen molar-refractivity contribution in [1.29, 1.82) is 0 Å². The number of nitrogens with zero attached hydrogens (tertiary/aromatic N) is 2. The minimum absolute atomic E-state index is 0.317. The van der Waals surface area contributed by atoms with Crippen molar-refractivity contribution in [2.45, 2.75) is 45.8 Å². The summed E-state index contributed by atoms with van der Waals surface area (Å²) in [5, 5.41) is 0. The highest BCUT2D eigenvalue weighted by Crippen LogP contribution is 2.36. The van der Waals surface area contributed by atoms with E-state index in [1.54, 1.807) is 12.4 Å². The summed E-state index contributed by atoms with van der Waals surface area (Å²) in [5.41, 5.74) is 0.231. The van der Waals surface area contributed by atoms with E-state index in [2.05, 4.69) is 9.97 Å². The van der Waals surface area contributed by atoms with Gasteiger partial charge in [0.2, 0.25) is 0 Å². The second kappa shape index (κ2) is 3.53. The van der Waals surface area contributed by atoms with Crippen LogP contribution in [0.5, 0.6) is 0 Å². The summed E-state index contributed by atoms with van der Waals surface area (Å²) in [5.74, 6) is 0.750. The van der Waals surface area contributed by atoms with Gasteiger partial charge in [-0.25, -0.2) is 9.97 Å². The highest BCUT2D eigenvalue weighted by molar-refractivity contribution is 6.61. The second-order valence-corrected chi connectivity index (χ2v) is 5.15. The topological polar surface area (TPSA) is 44.2 Å². The normalized spacial score (nSPS) is 22.4. The predicted molar refractivity (Wildman–Crippen MR) is 62.5 cm³/mol. The Morgan fingerprint density at radius 2 is 1.44 bits per heavy atom. The fourth-order valence-corrected chi connectivity index (χ4v) is 1.50. The van der Waals surface area contributed by atoms with Crippen LogP contribution in [0, 0.1) is 6.92 Å². The first-order valence-electron chi connectivity index (χ1n) is 5.46. The van der Waals surface area contributed by atoms with Gasteiger partial charge in [-0.15, -0.1) is 0 Å². The molecule has 16 heavy (non-hydrogen) atoms. The Kier molecular flexibility index (Phi) is 2.55. The molecular weight excluding hydrogens is 204 g/mol.